The van der Waals surface area contributed by atoms with Crippen LogP contribution in [0.1, 0.15) is 19.8 Å². The highest BCUT2D eigenvalue weighted by Gasteiger charge is 2.16. The van der Waals surface area contributed by atoms with Gasteiger partial charge in [0.05, 0.1) is 16.8 Å². The predicted molar refractivity (Wildman–Crippen MR) is 72.4 cm³/mol. The molecule has 0 saturated carbocycles. The Morgan fingerprint density at radius 3 is 2.53 bits per heavy atom. The molecule has 1 aromatic carbocycles. The summed E-state index contributed by atoms with van der Waals surface area (Å²) in [6, 6.07) is 8.04. The van der Waals surface area contributed by atoms with E-state index >= 15 is 0 Å². The predicted octanol–water partition coefficient (Wildman–Crippen LogP) is 0.737. The van der Waals surface area contributed by atoms with Gasteiger partial charge >= 0.3 is 0 Å². The molecule has 0 bridgehead atoms. The Labute approximate surface area is 113 Å². The van der Waals surface area contributed by atoms with Crippen molar-refractivity contribution in [2.45, 2.75) is 30.8 Å². The highest BCUT2D eigenvalue weighted by molar-refractivity contribution is 7.91. The van der Waals surface area contributed by atoms with Crippen molar-refractivity contribution >= 4 is 15.7 Å². The van der Waals surface area contributed by atoms with Crippen LogP contribution in [0.2, 0.25) is 0 Å². The van der Waals surface area contributed by atoms with Crippen molar-refractivity contribution in [2.24, 2.45) is 0 Å². The SMILES string of the molecule is CCC(O)CNC(=O)CCS(=O)(=O)c1ccccc1. The first kappa shape index (κ1) is 15.7. The molecule has 0 spiro atoms. The number of amides is 1. The van der Waals surface area contributed by atoms with Crippen molar-refractivity contribution in [1.29, 1.82) is 0 Å². The minimum absolute atomic E-state index is 0.104. The summed E-state index contributed by atoms with van der Waals surface area (Å²) in [4.78, 5) is 11.7. The molecule has 6 heteroatoms. The summed E-state index contributed by atoms with van der Waals surface area (Å²) in [5.74, 6) is -0.600. The molecule has 1 aromatic rings. The van der Waals surface area contributed by atoms with Gasteiger partial charge in [-0.3, -0.25) is 4.79 Å². The number of aliphatic hydroxyl groups is 1. The minimum Gasteiger partial charge on any atom is -0.391 e. The lowest BCUT2D eigenvalue weighted by molar-refractivity contribution is -0.121. The number of nitrogens with one attached hydrogen (secondary N) is 1. The van der Waals surface area contributed by atoms with E-state index in [1.54, 1.807) is 25.1 Å². The molecule has 5 nitrogen and oxygen atoms in total. The summed E-state index contributed by atoms with van der Waals surface area (Å²) in [6.45, 7) is 1.96. The van der Waals surface area contributed by atoms with E-state index in [4.69, 9.17) is 0 Å². The van der Waals surface area contributed by atoms with Crippen molar-refractivity contribution in [3.05, 3.63) is 30.3 Å². The fourth-order valence-corrected chi connectivity index (χ4v) is 2.70. The van der Waals surface area contributed by atoms with Crippen molar-refractivity contribution in [3.63, 3.8) is 0 Å². The zero-order valence-electron chi connectivity index (χ0n) is 10.9. The van der Waals surface area contributed by atoms with Gasteiger partial charge in [-0.05, 0) is 18.6 Å². The maximum atomic E-state index is 11.9. The van der Waals surface area contributed by atoms with Crippen LogP contribution in [0.5, 0.6) is 0 Å². The number of hydrogen-bond acceptors (Lipinski definition) is 4. The van der Waals surface area contributed by atoms with Gasteiger partial charge in [0.1, 0.15) is 0 Å². The first-order valence-electron chi connectivity index (χ1n) is 6.18. The van der Waals surface area contributed by atoms with Gasteiger partial charge in [-0.25, -0.2) is 8.42 Å². The second-order valence-corrected chi connectivity index (χ2v) is 6.36. The molecule has 1 amide bonds. The lowest BCUT2D eigenvalue weighted by Crippen LogP contribution is -2.32. The summed E-state index contributed by atoms with van der Waals surface area (Å²) in [6.07, 6.45) is -0.148. The molecule has 1 unspecified atom stereocenters. The minimum atomic E-state index is -3.42. The van der Waals surface area contributed by atoms with Crippen LogP contribution in [-0.2, 0) is 14.6 Å². The van der Waals surface area contributed by atoms with Gasteiger partial charge in [0, 0.05) is 13.0 Å². The van der Waals surface area contributed by atoms with Crippen LogP contribution in [0.15, 0.2) is 35.2 Å². The van der Waals surface area contributed by atoms with Crippen molar-refractivity contribution in [2.75, 3.05) is 12.3 Å². The Balaban J connectivity index is 2.46. The van der Waals surface area contributed by atoms with Crippen LogP contribution in [0, 0.1) is 0 Å². The number of carbonyl (C=O) groups is 1. The number of benzene rings is 1. The standard InChI is InChI=1S/C13H19NO4S/c1-2-11(15)10-14-13(16)8-9-19(17,18)12-6-4-3-5-7-12/h3-7,11,15H,2,8-10H2,1H3,(H,14,16). The molecular weight excluding hydrogens is 266 g/mol. The third-order valence-electron chi connectivity index (χ3n) is 2.71. The molecular formula is C13H19NO4S. The molecule has 0 aliphatic heterocycles. The van der Waals surface area contributed by atoms with Crippen LogP contribution in [0.4, 0.5) is 0 Å². The van der Waals surface area contributed by atoms with E-state index in [0.29, 0.717) is 6.42 Å². The largest absolute Gasteiger partial charge is 0.391 e. The van der Waals surface area contributed by atoms with Gasteiger partial charge in [-0.1, -0.05) is 25.1 Å². The molecule has 0 aromatic heterocycles. The fourth-order valence-electron chi connectivity index (χ4n) is 1.44. The lowest BCUT2D eigenvalue weighted by atomic mass is 10.3. The van der Waals surface area contributed by atoms with Crippen LogP contribution in [-0.4, -0.2) is 37.8 Å². The summed E-state index contributed by atoms with van der Waals surface area (Å²) in [5.41, 5.74) is 0. The average Bonchev–Trinajstić information content (AvgIpc) is 2.43. The fraction of sp³-hybridized carbons (Fsp3) is 0.462. The van der Waals surface area contributed by atoms with Gasteiger partial charge in [0.2, 0.25) is 5.91 Å². The van der Waals surface area contributed by atoms with E-state index in [-0.39, 0.29) is 29.5 Å². The number of carbonyl (C=O) groups excluding carboxylic acids is 1. The zero-order chi connectivity index (χ0) is 14.3. The molecule has 0 aliphatic carbocycles. The number of aliphatic hydroxyl groups excluding tert-OH is 1. The Morgan fingerprint density at radius 2 is 1.95 bits per heavy atom. The number of hydrogen-bond donors (Lipinski definition) is 2. The first-order valence-corrected chi connectivity index (χ1v) is 7.83. The Hall–Kier alpha value is -1.40. The van der Waals surface area contributed by atoms with Crippen molar-refractivity contribution < 1.29 is 18.3 Å². The maximum absolute atomic E-state index is 11.9. The molecule has 1 atom stereocenters. The maximum Gasteiger partial charge on any atom is 0.221 e. The van der Waals surface area contributed by atoms with Gasteiger partial charge in [0.25, 0.3) is 0 Å². The van der Waals surface area contributed by atoms with E-state index in [1.165, 1.54) is 12.1 Å². The molecule has 0 fully saturated rings. The highest BCUT2D eigenvalue weighted by atomic mass is 32.2. The van der Waals surface area contributed by atoms with E-state index < -0.39 is 15.9 Å². The Bertz CT molecular complexity index is 499. The lowest BCUT2D eigenvalue weighted by Gasteiger charge is -2.09. The van der Waals surface area contributed by atoms with Crippen molar-refractivity contribution in [1.82, 2.24) is 5.32 Å². The normalized spacial score (nSPS) is 12.9. The molecule has 2 N–H and O–H groups in total. The van der Waals surface area contributed by atoms with Gasteiger partial charge < -0.3 is 10.4 Å². The Morgan fingerprint density at radius 1 is 1.32 bits per heavy atom. The average molecular weight is 285 g/mol. The molecule has 0 radical (unpaired) electrons. The monoisotopic (exact) mass is 285 g/mol. The second-order valence-electron chi connectivity index (χ2n) is 4.25. The van der Waals surface area contributed by atoms with E-state index in [0.717, 1.165) is 0 Å². The van der Waals surface area contributed by atoms with Crippen molar-refractivity contribution in [3.8, 4) is 0 Å². The van der Waals surface area contributed by atoms with Gasteiger partial charge in [0.15, 0.2) is 9.84 Å². The quantitative estimate of drug-likeness (QED) is 0.774. The van der Waals surface area contributed by atoms with Crippen LogP contribution in [0.3, 0.4) is 0 Å². The third kappa shape index (κ3) is 5.40. The molecule has 0 heterocycles. The molecule has 106 valence electrons. The molecule has 19 heavy (non-hydrogen) atoms. The summed E-state index contributed by atoms with van der Waals surface area (Å²) >= 11 is 0. The van der Waals surface area contributed by atoms with Crippen LogP contribution < -0.4 is 5.32 Å². The van der Waals surface area contributed by atoms with E-state index in [1.807, 2.05) is 0 Å². The van der Waals surface area contributed by atoms with Crippen LogP contribution in [0.25, 0.3) is 0 Å². The van der Waals surface area contributed by atoms with Gasteiger partial charge in [-0.2, -0.15) is 0 Å². The molecule has 1 rings (SSSR count). The van der Waals surface area contributed by atoms with Crippen LogP contribution >= 0.6 is 0 Å². The topological polar surface area (TPSA) is 83.5 Å². The molecule has 0 saturated heterocycles. The second kappa shape index (κ2) is 7.25. The van der Waals surface area contributed by atoms with E-state index in [2.05, 4.69) is 5.32 Å². The first-order chi connectivity index (χ1) is 8.95. The molecule has 0 aliphatic rings. The number of sulfone groups is 1. The number of rotatable bonds is 7. The zero-order valence-corrected chi connectivity index (χ0v) is 11.7. The van der Waals surface area contributed by atoms with E-state index in [9.17, 15) is 18.3 Å². The summed E-state index contributed by atoms with van der Waals surface area (Å²) in [7, 11) is -3.42. The highest BCUT2D eigenvalue weighted by Crippen LogP contribution is 2.10. The summed E-state index contributed by atoms with van der Waals surface area (Å²) < 4.78 is 23.8. The van der Waals surface area contributed by atoms with Gasteiger partial charge in [-0.15, -0.1) is 0 Å². The third-order valence-corrected chi connectivity index (χ3v) is 4.44. The summed E-state index contributed by atoms with van der Waals surface area (Å²) in [5, 5.41) is 11.8. The smallest absolute Gasteiger partial charge is 0.221 e. The Kier molecular flexibility index (Phi) is 5.98.